The third kappa shape index (κ3) is 3.03. The number of benzene rings is 1. The number of hydrogen-bond donors (Lipinski definition) is 0. The van der Waals surface area contributed by atoms with E-state index in [0.717, 1.165) is 61.0 Å². The Bertz CT molecular complexity index is 807. The van der Waals surface area contributed by atoms with Crippen LogP contribution in [-0.4, -0.2) is 46.2 Å². The highest BCUT2D eigenvalue weighted by molar-refractivity contribution is 5.75. The third-order valence-corrected chi connectivity index (χ3v) is 4.19. The molecule has 1 saturated heterocycles. The first-order valence-corrected chi connectivity index (χ1v) is 7.89. The minimum atomic E-state index is 0.818. The molecule has 0 aliphatic carbocycles. The van der Waals surface area contributed by atoms with Crippen LogP contribution in [0, 0.1) is 6.92 Å². The van der Waals surface area contributed by atoms with Gasteiger partial charge in [0.2, 0.25) is 0 Å². The molecule has 0 atom stereocenters. The van der Waals surface area contributed by atoms with E-state index in [-0.39, 0.29) is 0 Å². The molecule has 0 saturated carbocycles. The van der Waals surface area contributed by atoms with E-state index in [9.17, 15) is 0 Å². The Morgan fingerprint density at radius 3 is 2.61 bits per heavy atom. The minimum Gasteiger partial charge on any atom is -0.360 e. The molecule has 0 spiro atoms. The van der Waals surface area contributed by atoms with Crippen molar-refractivity contribution in [1.29, 1.82) is 0 Å². The lowest BCUT2D eigenvalue weighted by atomic mass is 10.2. The van der Waals surface area contributed by atoms with E-state index in [1.807, 2.05) is 43.5 Å². The summed E-state index contributed by atoms with van der Waals surface area (Å²) in [6.07, 6.45) is 1.87. The van der Waals surface area contributed by atoms with Crippen molar-refractivity contribution in [3.63, 3.8) is 0 Å². The van der Waals surface area contributed by atoms with Crippen LogP contribution in [0.4, 0.5) is 5.82 Å². The van der Waals surface area contributed by atoms with Crippen molar-refractivity contribution in [2.75, 3.05) is 31.1 Å². The van der Waals surface area contributed by atoms with Crippen LogP contribution in [0.2, 0.25) is 0 Å². The number of piperazine rings is 1. The number of nitrogens with zero attached hydrogens (tertiary/aromatic N) is 5. The van der Waals surface area contributed by atoms with Crippen molar-refractivity contribution in [2.45, 2.75) is 13.5 Å². The lowest BCUT2D eigenvalue weighted by Crippen LogP contribution is -2.46. The smallest absolute Gasteiger partial charge is 0.150 e. The number of fused-ring (bicyclic) bond motifs is 1. The van der Waals surface area contributed by atoms with Crippen molar-refractivity contribution in [3.8, 4) is 0 Å². The predicted molar refractivity (Wildman–Crippen MR) is 88.3 cm³/mol. The Morgan fingerprint density at radius 1 is 1.09 bits per heavy atom. The molecular weight excluding hydrogens is 290 g/mol. The molecule has 0 amide bonds. The molecule has 1 aromatic carbocycles. The van der Waals surface area contributed by atoms with Gasteiger partial charge in [0, 0.05) is 32.2 Å². The van der Waals surface area contributed by atoms with E-state index in [4.69, 9.17) is 9.51 Å². The van der Waals surface area contributed by atoms with Gasteiger partial charge in [-0.3, -0.25) is 9.88 Å². The average Bonchev–Trinajstić information content (AvgIpc) is 3.00. The summed E-state index contributed by atoms with van der Waals surface area (Å²) in [5.74, 6) is 1.89. The zero-order valence-corrected chi connectivity index (χ0v) is 13.1. The molecule has 1 aliphatic rings. The van der Waals surface area contributed by atoms with E-state index in [1.165, 1.54) is 0 Å². The summed E-state index contributed by atoms with van der Waals surface area (Å²) in [7, 11) is 0. The molecule has 3 aromatic rings. The molecule has 2 aromatic heterocycles. The topological polar surface area (TPSA) is 58.3 Å². The molecule has 1 fully saturated rings. The van der Waals surface area contributed by atoms with Gasteiger partial charge in [-0.05, 0) is 19.1 Å². The van der Waals surface area contributed by atoms with Crippen LogP contribution in [0.25, 0.3) is 11.0 Å². The largest absolute Gasteiger partial charge is 0.360 e. The Labute approximate surface area is 134 Å². The third-order valence-electron chi connectivity index (χ3n) is 4.19. The number of aryl methyl sites for hydroxylation is 1. The molecule has 1 aliphatic heterocycles. The summed E-state index contributed by atoms with van der Waals surface area (Å²) in [6, 6.07) is 9.98. The van der Waals surface area contributed by atoms with Crippen LogP contribution in [0.15, 0.2) is 41.1 Å². The number of rotatable bonds is 3. The van der Waals surface area contributed by atoms with E-state index < -0.39 is 0 Å². The summed E-state index contributed by atoms with van der Waals surface area (Å²) in [6.45, 7) is 6.62. The summed E-state index contributed by atoms with van der Waals surface area (Å²) in [5, 5.41) is 3.94. The molecule has 0 unspecified atom stereocenters. The molecule has 23 heavy (non-hydrogen) atoms. The molecule has 0 bridgehead atoms. The average molecular weight is 309 g/mol. The summed E-state index contributed by atoms with van der Waals surface area (Å²) < 4.78 is 5.30. The zero-order valence-electron chi connectivity index (χ0n) is 13.1. The number of para-hydroxylation sites is 2. The highest BCUT2D eigenvalue weighted by Gasteiger charge is 2.19. The van der Waals surface area contributed by atoms with Gasteiger partial charge in [-0.2, -0.15) is 0 Å². The normalized spacial score (nSPS) is 16.1. The van der Waals surface area contributed by atoms with Crippen molar-refractivity contribution in [1.82, 2.24) is 20.0 Å². The van der Waals surface area contributed by atoms with Crippen molar-refractivity contribution < 1.29 is 4.52 Å². The Balaban J connectivity index is 1.42. The fourth-order valence-corrected chi connectivity index (χ4v) is 2.95. The van der Waals surface area contributed by atoms with E-state index in [1.54, 1.807) is 0 Å². The van der Waals surface area contributed by atoms with Crippen LogP contribution < -0.4 is 4.90 Å². The Morgan fingerprint density at radius 2 is 1.87 bits per heavy atom. The summed E-state index contributed by atoms with van der Waals surface area (Å²) in [4.78, 5) is 13.9. The second kappa shape index (κ2) is 5.96. The maximum absolute atomic E-state index is 5.30. The molecule has 6 heteroatoms. The Hall–Kier alpha value is -2.47. The summed E-state index contributed by atoms with van der Waals surface area (Å²) in [5.41, 5.74) is 2.82. The molecule has 3 heterocycles. The lowest BCUT2D eigenvalue weighted by molar-refractivity contribution is 0.219. The van der Waals surface area contributed by atoms with E-state index in [0.29, 0.717) is 0 Å². The quantitative estimate of drug-likeness (QED) is 0.739. The minimum absolute atomic E-state index is 0.818. The van der Waals surface area contributed by atoms with Gasteiger partial charge in [0.25, 0.3) is 0 Å². The number of anilines is 1. The first-order valence-electron chi connectivity index (χ1n) is 7.89. The predicted octanol–water partition coefficient (Wildman–Crippen LogP) is 2.25. The second-order valence-electron chi connectivity index (χ2n) is 5.91. The van der Waals surface area contributed by atoms with Gasteiger partial charge < -0.3 is 9.42 Å². The SMILES string of the molecule is Cc1cc(CN2CCN(c3cnc4ccccc4n3)CC2)on1. The molecule has 0 N–H and O–H groups in total. The van der Waals surface area contributed by atoms with Crippen LogP contribution in [0.1, 0.15) is 11.5 Å². The molecule has 6 nitrogen and oxygen atoms in total. The van der Waals surface area contributed by atoms with E-state index >= 15 is 0 Å². The highest BCUT2D eigenvalue weighted by atomic mass is 16.5. The van der Waals surface area contributed by atoms with Crippen LogP contribution in [0.3, 0.4) is 0 Å². The Kier molecular flexibility index (Phi) is 3.67. The zero-order chi connectivity index (χ0) is 15.6. The molecule has 4 rings (SSSR count). The lowest BCUT2D eigenvalue weighted by Gasteiger charge is -2.34. The first-order chi connectivity index (χ1) is 11.3. The monoisotopic (exact) mass is 309 g/mol. The highest BCUT2D eigenvalue weighted by Crippen LogP contribution is 2.17. The van der Waals surface area contributed by atoms with Crippen molar-refractivity contribution in [3.05, 3.63) is 48.0 Å². The van der Waals surface area contributed by atoms with Crippen LogP contribution in [-0.2, 0) is 6.54 Å². The summed E-state index contributed by atoms with van der Waals surface area (Å²) >= 11 is 0. The van der Waals surface area contributed by atoms with Gasteiger partial charge in [0.1, 0.15) is 5.82 Å². The fourth-order valence-electron chi connectivity index (χ4n) is 2.95. The maximum Gasteiger partial charge on any atom is 0.150 e. The van der Waals surface area contributed by atoms with Gasteiger partial charge in [0.05, 0.1) is 29.5 Å². The number of hydrogen-bond acceptors (Lipinski definition) is 6. The molecular formula is C17H19N5O. The second-order valence-corrected chi connectivity index (χ2v) is 5.91. The van der Waals surface area contributed by atoms with Gasteiger partial charge in [0.15, 0.2) is 5.76 Å². The van der Waals surface area contributed by atoms with Gasteiger partial charge in [-0.15, -0.1) is 0 Å². The molecule has 118 valence electrons. The van der Waals surface area contributed by atoms with Gasteiger partial charge >= 0.3 is 0 Å². The van der Waals surface area contributed by atoms with Gasteiger partial charge in [-0.25, -0.2) is 4.98 Å². The van der Waals surface area contributed by atoms with Gasteiger partial charge in [-0.1, -0.05) is 17.3 Å². The fraction of sp³-hybridized carbons (Fsp3) is 0.353. The van der Waals surface area contributed by atoms with E-state index in [2.05, 4.69) is 19.9 Å². The van der Waals surface area contributed by atoms with Crippen LogP contribution in [0.5, 0.6) is 0 Å². The van der Waals surface area contributed by atoms with Crippen molar-refractivity contribution in [2.24, 2.45) is 0 Å². The number of aromatic nitrogens is 3. The van der Waals surface area contributed by atoms with Crippen molar-refractivity contribution >= 4 is 16.9 Å². The molecule has 0 radical (unpaired) electrons. The first kappa shape index (κ1) is 14.1. The maximum atomic E-state index is 5.30. The standard InChI is InChI=1S/C17H19N5O/c1-13-10-14(23-20-13)12-21-6-8-22(9-7-21)17-11-18-15-4-2-3-5-16(15)19-17/h2-5,10-11H,6-9,12H2,1H3. The van der Waals surface area contributed by atoms with Crippen LogP contribution >= 0.6 is 0 Å².